The largest absolute Gasteiger partial charge is 0.454 e. The van der Waals surface area contributed by atoms with Crippen molar-refractivity contribution < 1.29 is 14.3 Å². The number of rotatable bonds is 3. The molecule has 0 aromatic heterocycles. The maximum Gasteiger partial charge on any atom is 0.276 e. The van der Waals surface area contributed by atoms with Crippen LogP contribution in [0, 0.1) is 5.92 Å². The Balaban J connectivity index is 1.90. The van der Waals surface area contributed by atoms with Gasteiger partial charge >= 0.3 is 0 Å². The van der Waals surface area contributed by atoms with Gasteiger partial charge in [0.15, 0.2) is 16.6 Å². The Morgan fingerprint density at radius 1 is 1.41 bits per heavy atom. The van der Waals surface area contributed by atoms with Gasteiger partial charge in [-0.15, -0.1) is 0 Å². The summed E-state index contributed by atoms with van der Waals surface area (Å²) >= 11 is 8.72. The monoisotopic (exact) mass is 382 g/mol. The van der Waals surface area contributed by atoms with E-state index >= 15 is 0 Å². The van der Waals surface area contributed by atoms with Crippen molar-refractivity contribution in [2.24, 2.45) is 5.92 Å². The van der Waals surface area contributed by atoms with Gasteiger partial charge in [-0.2, -0.15) is 0 Å². The summed E-state index contributed by atoms with van der Waals surface area (Å²) in [5.74, 6) is 1.60. The van der Waals surface area contributed by atoms with E-state index in [0.717, 1.165) is 10.0 Å². The molecule has 5 nitrogen and oxygen atoms in total. The van der Waals surface area contributed by atoms with E-state index in [4.69, 9.17) is 21.7 Å². The predicted octanol–water partition coefficient (Wildman–Crippen LogP) is 2.89. The average molecular weight is 383 g/mol. The normalized spacial score (nSPS) is 18.5. The van der Waals surface area contributed by atoms with Crippen LogP contribution in [0.4, 0.5) is 0 Å². The molecule has 1 N–H and O–H groups in total. The Bertz CT molecular complexity index is 688. The molecule has 0 bridgehead atoms. The van der Waals surface area contributed by atoms with Gasteiger partial charge in [0.25, 0.3) is 5.91 Å². The summed E-state index contributed by atoms with van der Waals surface area (Å²) in [6, 6.07) is 3.67. The van der Waals surface area contributed by atoms with E-state index < -0.39 is 0 Å². The molecule has 1 fully saturated rings. The van der Waals surface area contributed by atoms with Crippen molar-refractivity contribution in [1.29, 1.82) is 0 Å². The molecule has 0 spiro atoms. The number of amides is 1. The lowest BCUT2D eigenvalue weighted by Gasteiger charge is -2.15. The first-order valence-electron chi connectivity index (χ1n) is 6.89. The SMILES string of the molecule is CC(C)CN1C(=O)/C(=C\c2cc3c(cc2Br)OCO3)NC1=S. The number of ether oxygens (including phenoxy) is 2. The maximum absolute atomic E-state index is 12.4. The Kier molecular flexibility index (Phi) is 4.10. The van der Waals surface area contributed by atoms with Gasteiger partial charge in [0.2, 0.25) is 6.79 Å². The lowest BCUT2D eigenvalue weighted by Crippen LogP contribution is -2.33. The number of carbonyl (C=O) groups excluding carboxylic acids is 1. The molecule has 22 heavy (non-hydrogen) atoms. The highest BCUT2D eigenvalue weighted by Gasteiger charge is 2.31. The third-order valence-electron chi connectivity index (χ3n) is 3.30. The Hall–Kier alpha value is -1.60. The van der Waals surface area contributed by atoms with Crippen LogP contribution in [-0.2, 0) is 4.79 Å². The molecule has 3 rings (SSSR count). The average Bonchev–Trinajstić information content (AvgIpc) is 2.99. The van der Waals surface area contributed by atoms with E-state index in [9.17, 15) is 4.79 Å². The molecule has 2 heterocycles. The summed E-state index contributed by atoms with van der Waals surface area (Å²) in [5, 5.41) is 3.42. The van der Waals surface area contributed by atoms with Crippen LogP contribution in [0.5, 0.6) is 11.5 Å². The highest BCUT2D eigenvalue weighted by molar-refractivity contribution is 9.10. The Morgan fingerprint density at radius 2 is 2.09 bits per heavy atom. The van der Waals surface area contributed by atoms with Crippen molar-refractivity contribution in [2.75, 3.05) is 13.3 Å². The number of thiocarbonyl (C=S) groups is 1. The topological polar surface area (TPSA) is 50.8 Å². The van der Waals surface area contributed by atoms with Gasteiger partial charge in [0.05, 0.1) is 0 Å². The number of halogens is 1. The van der Waals surface area contributed by atoms with Crippen molar-refractivity contribution in [3.63, 3.8) is 0 Å². The van der Waals surface area contributed by atoms with Gasteiger partial charge in [0, 0.05) is 11.0 Å². The molecule has 116 valence electrons. The van der Waals surface area contributed by atoms with Gasteiger partial charge in [0.1, 0.15) is 5.70 Å². The third-order valence-corrected chi connectivity index (χ3v) is 4.31. The standard InChI is InChI=1S/C15H15BrN2O3S/c1-8(2)6-18-14(19)11(17-15(18)22)3-9-4-12-13(5-10(9)16)21-7-20-12/h3-5,8H,6-7H2,1-2H3,(H,17,22)/b11-3+. The number of nitrogens with zero attached hydrogens (tertiary/aromatic N) is 1. The van der Waals surface area contributed by atoms with Gasteiger partial charge in [-0.25, -0.2) is 0 Å². The van der Waals surface area contributed by atoms with E-state index in [-0.39, 0.29) is 12.7 Å². The lowest BCUT2D eigenvalue weighted by molar-refractivity contribution is -0.122. The number of hydrogen-bond acceptors (Lipinski definition) is 4. The molecule has 0 radical (unpaired) electrons. The first-order valence-corrected chi connectivity index (χ1v) is 8.09. The number of benzene rings is 1. The second kappa shape index (κ2) is 5.89. The van der Waals surface area contributed by atoms with Gasteiger partial charge in [-0.3, -0.25) is 9.69 Å². The molecule has 2 aliphatic heterocycles. The Morgan fingerprint density at radius 3 is 2.77 bits per heavy atom. The minimum atomic E-state index is -0.108. The fourth-order valence-corrected chi connectivity index (χ4v) is 3.01. The molecule has 0 saturated carbocycles. The predicted molar refractivity (Wildman–Crippen MR) is 90.5 cm³/mol. The van der Waals surface area contributed by atoms with Crippen molar-refractivity contribution in [3.05, 3.63) is 27.9 Å². The van der Waals surface area contributed by atoms with Crippen LogP contribution in [0.2, 0.25) is 0 Å². The summed E-state index contributed by atoms with van der Waals surface area (Å²) in [5.41, 5.74) is 1.29. The highest BCUT2D eigenvalue weighted by Crippen LogP contribution is 2.37. The summed E-state index contributed by atoms with van der Waals surface area (Å²) in [6.45, 7) is 4.91. The van der Waals surface area contributed by atoms with Gasteiger partial charge in [-0.05, 0) is 41.9 Å². The molecule has 2 aliphatic rings. The minimum absolute atomic E-state index is 0.108. The second-order valence-electron chi connectivity index (χ2n) is 5.52. The number of fused-ring (bicyclic) bond motifs is 1. The molecule has 0 atom stereocenters. The molecular formula is C15H15BrN2O3S. The Labute approximate surface area is 142 Å². The van der Waals surface area contributed by atoms with Crippen molar-refractivity contribution >= 4 is 45.2 Å². The summed E-state index contributed by atoms with van der Waals surface area (Å²) in [6.07, 6.45) is 1.76. The van der Waals surface area contributed by atoms with Crippen LogP contribution in [0.1, 0.15) is 19.4 Å². The smallest absolute Gasteiger partial charge is 0.276 e. The van der Waals surface area contributed by atoms with Crippen LogP contribution < -0.4 is 14.8 Å². The second-order valence-corrected chi connectivity index (χ2v) is 6.77. The number of nitrogens with one attached hydrogen (secondary N) is 1. The molecule has 1 saturated heterocycles. The summed E-state index contributed by atoms with van der Waals surface area (Å²) in [4.78, 5) is 14.0. The lowest BCUT2D eigenvalue weighted by atomic mass is 10.1. The fourth-order valence-electron chi connectivity index (χ4n) is 2.30. The van der Waals surface area contributed by atoms with Crippen LogP contribution in [0.3, 0.4) is 0 Å². The molecular weight excluding hydrogens is 368 g/mol. The van der Waals surface area contributed by atoms with Crippen molar-refractivity contribution in [3.8, 4) is 11.5 Å². The number of hydrogen-bond donors (Lipinski definition) is 1. The van der Waals surface area contributed by atoms with Gasteiger partial charge in [-0.1, -0.05) is 29.8 Å². The first-order chi connectivity index (χ1) is 10.5. The quantitative estimate of drug-likeness (QED) is 0.643. The van der Waals surface area contributed by atoms with Crippen LogP contribution in [0.25, 0.3) is 6.08 Å². The zero-order valence-electron chi connectivity index (χ0n) is 12.2. The zero-order chi connectivity index (χ0) is 15.9. The highest BCUT2D eigenvalue weighted by atomic mass is 79.9. The van der Waals surface area contributed by atoms with Crippen LogP contribution >= 0.6 is 28.1 Å². The van der Waals surface area contributed by atoms with E-state index in [1.54, 1.807) is 11.0 Å². The molecule has 1 aromatic rings. The van der Waals surface area contributed by atoms with Crippen LogP contribution in [0.15, 0.2) is 22.3 Å². The van der Waals surface area contributed by atoms with Crippen molar-refractivity contribution in [1.82, 2.24) is 10.2 Å². The minimum Gasteiger partial charge on any atom is -0.454 e. The molecule has 1 aromatic carbocycles. The summed E-state index contributed by atoms with van der Waals surface area (Å²) < 4.78 is 11.5. The van der Waals surface area contributed by atoms with Gasteiger partial charge < -0.3 is 14.8 Å². The van der Waals surface area contributed by atoms with E-state index in [1.165, 1.54) is 0 Å². The van der Waals surface area contributed by atoms with Crippen molar-refractivity contribution in [2.45, 2.75) is 13.8 Å². The summed E-state index contributed by atoms with van der Waals surface area (Å²) in [7, 11) is 0. The molecule has 1 amide bonds. The number of carbonyl (C=O) groups is 1. The van der Waals surface area contributed by atoms with E-state index in [0.29, 0.717) is 34.8 Å². The molecule has 0 unspecified atom stereocenters. The van der Waals surface area contributed by atoms with E-state index in [2.05, 4.69) is 21.2 Å². The molecule has 7 heteroatoms. The third kappa shape index (κ3) is 2.83. The van der Waals surface area contributed by atoms with Crippen LogP contribution in [-0.4, -0.2) is 29.3 Å². The fraction of sp³-hybridized carbons (Fsp3) is 0.333. The zero-order valence-corrected chi connectivity index (χ0v) is 14.6. The maximum atomic E-state index is 12.4. The first kappa shape index (κ1) is 15.3. The molecule has 0 aliphatic carbocycles. The van der Waals surface area contributed by atoms with E-state index in [1.807, 2.05) is 26.0 Å².